The van der Waals surface area contributed by atoms with Gasteiger partial charge in [-0.25, -0.2) is 15.0 Å². The fraction of sp³-hybridized carbons (Fsp3) is 0.389. The zero-order valence-electron chi connectivity index (χ0n) is 14.6. The molecule has 1 aromatic carbocycles. The highest BCUT2D eigenvalue weighted by molar-refractivity contribution is 5.67. The van der Waals surface area contributed by atoms with E-state index in [9.17, 15) is 0 Å². The fourth-order valence-corrected chi connectivity index (χ4v) is 2.55. The zero-order valence-corrected chi connectivity index (χ0v) is 14.6. The second-order valence-corrected chi connectivity index (χ2v) is 6.01. The number of benzene rings is 1. The topological polar surface area (TPSA) is 64.9 Å². The average molecular weight is 325 g/mol. The fourth-order valence-electron chi connectivity index (χ4n) is 2.55. The van der Waals surface area contributed by atoms with Gasteiger partial charge >= 0.3 is 0 Å². The van der Waals surface area contributed by atoms with Gasteiger partial charge < -0.3 is 14.6 Å². The van der Waals surface area contributed by atoms with Crippen LogP contribution in [0.2, 0.25) is 0 Å². The standard InChI is InChI=1S/C18H23N5O/c1-5-19-17-15-18(22-16(21-15)12(2)3)23(11-20-17)10-13-6-8-14(24-4)9-7-13/h6-9,11-12,19H,5,10H2,1-4H3. The van der Waals surface area contributed by atoms with Crippen LogP contribution in [0.15, 0.2) is 30.6 Å². The Kier molecular flexibility index (Phi) is 4.64. The maximum Gasteiger partial charge on any atom is 0.166 e. The van der Waals surface area contributed by atoms with E-state index in [-0.39, 0.29) is 5.92 Å². The Balaban J connectivity index is 1.99. The number of rotatable bonds is 6. The summed E-state index contributed by atoms with van der Waals surface area (Å²) >= 11 is 0. The van der Waals surface area contributed by atoms with E-state index in [0.717, 1.165) is 41.0 Å². The zero-order chi connectivity index (χ0) is 17.1. The molecular weight excluding hydrogens is 302 g/mol. The van der Waals surface area contributed by atoms with Gasteiger partial charge in [-0.1, -0.05) is 26.0 Å². The molecule has 0 radical (unpaired) electrons. The van der Waals surface area contributed by atoms with Crippen LogP contribution in [0.1, 0.15) is 38.1 Å². The molecule has 0 aromatic heterocycles. The highest BCUT2D eigenvalue weighted by Crippen LogP contribution is 2.28. The summed E-state index contributed by atoms with van der Waals surface area (Å²) in [5, 5.41) is 3.27. The van der Waals surface area contributed by atoms with Crippen molar-refractivity contribution in [2.45, 2.75) is 33.2 Å². The Morgan fingerprint density at radius 2 is 1.92 bits per heavy atom. The minimum absolute atomic E-state index is 0.279. The van der Waals surface area contributed by atoms with Gasteiger partial charge in [0.2, 0.25) is 0 Å². The second-order valence-electron chi connectivity index (χ2n) is 6.01. The van der Waals surface area contributed by atoms with Crippen molar-refractivity contribution >= 4 is 5.82 Å². The number of fused-ring (bicyclic) bond motifs is 1. The third-order valence-electron chi connectivity index (χ3n) is 3.85. The van der Waals surface area contributed by atoms with Crippen molar-refractivity contribution in [2.75, 3.05) is 19.0 Å². The van der Waals surface area contributed by atoms with E-state index in [4.69, 9.17) is 9.72 Å². The van der Waals surface area contributed by atoms with E-state index in [1.54, 1.807) is 7.11 Å². The van der Waals surface area contributed by atoms with Gasteiger partial charge in [0.1, 0.15) is 11.6 Å². The van der Waals surface area contributed by atoms with Crippen LogP contribution in [0, 0.1) is 0 Å². The normalized spacial score (nSPS) is 11.2. The number of nitrogens with one attached hydrogen (secondary N) is 1. The van der Waals surface area contributed by atoms with E-state index in [0.29, 0.717) is 6.54 Å². The Morgan fingerprint density at radius 3 is 2.54 bits per heavy atom. The summed E-state index contributed by atoms with van der Waals surface area (Å²) in [4.78, 5) is 13.9. The van der Waals surface area contributed by atoms with E-state index >= 15 is 0 Å². The summed E-state index contributed by atoms with van der Waals surface area (Å²) in [6.07, 6.45) is 1.82. The second kappa shape index (κ2) is 6.86. The van der Waals surface area contributed by atoms with Crippen molar-refractivity contribution in [3.63, 3.8) is 0 Å². The maximum atomic E-state index is 5.21. The Labute approximate surface area is 142 Å². The minimum Gasteiger partial charge on any atom is -0.497 e. The van der Waals surface area contributed by atoms with Gasteiger partial charge in [0, 0.05) is 12.5 Å². The quantitative estimate of drug-likeness (QED) is 0.752. The monoisotopic (exact) mass is 325 g/mol. The molecule has 0 fully saturated rings. The van der Waals surface area contributed by atoms with E-state index < -0.39 is 0 Å². The average Bonchev–Trinajstić information content (AvgIpc) is 3.04. The van der Waals surface area contributed by atoms with Crippen LogP contribution in [0.4, 0.5) is 5.82 Å². The number of hydrogen-bond donors (Lipinski definition) is 1. The van der Waals surface area contributed by atoms with Crippen LogP contribution in [-0.2, 0) is 6.54 Å². The molecule has 0 bridgehead atoms. The molecule has 1 N–H and O–H groups in total. The minimum atomic E-state index is 0.279. The summed E-state index contributed by atoms with van der Waals surface area (Å²) in [6.45, 7) is 7.74. The molecular formula is C18H23N5O. The van der Waals surface area contributed by atoms with Crippen molar-refractivity contribution < 1.29 is 4.74 Å². The van der Waals surface area contributed by atoms with Crippen molar-refractivity contribution in [1.82, 2.24) is 19.5 Å². The summed E-state index contributed by atoms with van der Waals surface area (Å²) in [7, 11) is 1.67. The predicted molar refractivity (Wildman–Crippen MR) is 94.8 cm³/mol. The number of hydrogen-bond acceptors (Lipinski definition) is 5. The first kappa shape index (κ1) is 16.2. The van der Waals surface area contributed by atoms with Gasteiger partial charge in [0.25, 0.3) is 0 Å². The summed E-state index contributed by atoms with van der Waals surface area (Å²) in [5.41, 5.74) is 1.99. The first-order valence-corrected chi connectivity index (χ1v) is 8.22. The molecule has 2 heterocycles. The highest BCUT2D eigenvalue weighted by atomic mass is 16.5. The molecule has 126 valence electrons. The summed E-state index contributed by atoms with van der Waals surface area (Å²) in [5.74, 6) is 3.63. The van der Waals surface area contributed by atoms with Crippen LogP contribution >= 0.6 is 0 Å². The number of anilines is 1. The van der Waals surface area contributed by atoms with Gasteiger partial charge in [-0.3, -0.25) is 0 Å². The predicted octanol–water partition coefficient (Wildman–Crippen LogP) is 3.39. The molecule has 0 saturated carbocycles. The molecule has 1 aromatic rings. The lowest BCUT2D eigenvalue weighted by molar-refractivity contribution is 0.414. The summed E-state index contributed by atoms with van der Waals surface area (Å²) < 4.78 is 7.25. The van der Waals surface area contributed by atoms with E-state index in [1.807, 2.05) is 30.0 Å². The third-order valence-corrected chi connectivity index (χ3v) is 3.85. The van der Waals surface area contributed by atoms with Crippen LogP contribution in [0.25, 0.3) is 11.5 Å². The molecule has 0 spiro atoms. The molecule has 3 rings (SSSR count). The van der Waals surface area contributed by atoms with Crippen molar-refractivity contribution in [2.24, 2.45) is 0 Å². The lowest BCUT2D eigenvalue weighted by Crippen LogP contribution is -2.10. The molecule has 0 unspecified atom stereocenters. The van der Waals surface area contributed by atoms with Crippen LogP contribution in [0.5, 0.6) is 5.75 Å². The largest absolute Gasteiger partial charge is 0.497 e. The molecule has 0 atom stereocenters. The lowest BCUT2D eigenvalue weighted by atomic mass is 10.2. The molecule has 24 heavy (non-hydrogen) atoms. The molecule has 2 aliphatic rings. The molecule has 0 amide bonds. The molecule has 0 saturated heterocycles. The van der Waals surface area contributed by atoms with E-state index in [1.165, 1.54) is 0 Å². The van der Waals surface area contributed by atoms with Gasteiger partial charge in [-0.15, -0.1) is 0 Å². The third kappa shape index (κ3) is 3.18. The lowest BCUT2D eigenvalue weighted by Gasteiger charge is -2.13. The van der Waals surface area contributed by atoms with Gasteiger partial charge in [-0.2, -0.15) is 0 Å². The van der Waals surface area contributed by atoms with Crippen molar-refractivity contribution in [3.05, 3.63) is 42.0 Å². The van der Waals surface area contributed by atoms with Crippen LogP contribution in [-0.4, -0.2) is 33.2 Å². The molecule has 6 nitrogen and oxygen atoms in total. The number of aromatic nitrogens is 4. The SMILES string of the molecule is CCNc1ncn(Cc2ccc(OC)cc2)c2nc(C(C)C)nc1-2. The van der Waals surface area contributed by atoms with Crippen molar-refractivity contribution in [3.8, 4) is 17.3 Å². The number of methoxy groups -OCH3 is 1. The van der Waals surface area contributed by atoms with Crippen molar-refractivity contribution in [1.29, 1.82) is 0 Å². The number of nitrogens with zero attached hydrogens (tertiary/aromatic N) is 4. The van der Waals surface area contributed by atoms with E-state index in [2.05, 4.69) is 41.3 Å². The number of imidazole rings is 1. The molecule has 0 aliphatic carbocycles. The Morgan fingerprint density at radius 1 is 1.17 bits per heavy atom. The highest BCUT2D eigenvalue weighted by Gasteiger charge is 2.21. The Hall–Kier alpha value is -2.63. The van der Waals surface area contributed by atoms with Gasteiger partial charge in [0.15, 0.2) is 17.3 Å². The smallest absolute Gasteiger partial charge is 0.166 e. The molecule has 6 heteroatoms. The first-order valence-electron chi connectivity index (χ1n) is 8.22. The van der Waals surface area contributed by atoms with Gasteiger partial charge in [0.05, 0.1) is 20.0 Å². The summed E-state index contributed by atoms with van der Waals surface area (Å²) in [6, 6.07) is 8.03. The number of ether oxygens (including phenoxy) is 1. The molecule has 2 aliphatic heterocycles. The van der Waals surface area contributed by atoms with Crippen LogP contribution < -0.4 is 10.1 Å². The Bertz CT molecular complexity index is 779. The van der Waals surface area contributed by atoms with Gasteiger partial charge in [-0.05, 0) is 24.6 Å². The maximum absolute atomic E-state index is 5.21. The first-order chi connectivity index (χ1) is 11.6. The van der Waals surface area contributed by atoms with Crippen LogP contribution in [0.3, 0.4) is 0 Å².